The number of halogens is 1. The van der Waals surface area contributed by atoms with Crippen LogP contribution in [0.1, 0.15) is 29.7 Å². The van der Waals surface area contributed by atoms with Crippen molar-refractivity contribution in [3.05, 3.63) is 46.4 Å². The fourth-order valence-electron chi connectivity index (χ4n) is 4.04. The first-order chi connectivity index (χ1) is 13.7. The van der Waals surface area contributed by atoms with Crippen LogP contribution in [0.3, 0.4) is 0 Å². The maximum Gasteiger partial charge on any atom is 0.335 e. The molecule has 0 N–H and O–H groups in total. The van der Waals surface area contributed by atoms with E-state index in [2.05, 4.69) is 45.2 Å². The highest BCUT2D eigenvalue weighted by molar-refractivity contribution is 6.32. The minimum Gasteiger partial charge on any atom is -0.493 e. The molecular weight excluding hydrogens is 378 g/mol. The second-order valence-corrected chi connectivity index (χ2v) is 7.80. The van der Waals surface area contributed by atoms with Crippen LogP contribution in [0.15, 0.2) is 24.4 Å². The summed E-state index contributed by atoms with van der Waals surface area (Å²) in [6.45, 7) is 2.40. The van der Waals surface area contributed by atoms with E-state index in [0.717, 1.165) is 43.0 Å². The molecule has 28 heavy (non-hydrogen) atoms. The second kappa shape index (κ2) is 7.22. The Labute approximate surface area is 168 Å². The van der Waals surface area contributed by atoms with Crippen LogP contribution in [0, 0.1) is 0 Å². The Bertz CT molecular complexity index is 1020. The highest BCUT2D eigenvalue weighted by Crippen LogP contribution is 2.31. The molecule has 1 saturated heterocycles. The minimum atomic E-state index is 0.284. The zero-order valence-corrected chi connectivity index (χ0v) is 16.5. The van der Waals surface area contributed by atoms with Crippen molar-refractivity contribution in [2.75, 3.05) is 26.8 Å². The highest BCUT2D eigenvalue weighted by atomic mass is 35.5. The van der Waals surface area contributed by atoms with E-state index in [9.17, 15) is 0 Å². The second-order valence-electron chi connectivity index (χ2n) is 7.44. The summed E-state index contributed by atoms with van der Waals surface area (Å²) in [6, 6.07) is 6.95. The molecule has 0 spiro atoms. The number of rotatable bonds is 5. The number of hydrogen-bond acceptors (Lipinski definition) is 6. The zero-order chi connectivity index (χ0) is 19.1. The highest BCUT2D eigenvalue weighted by Gasteiger charge is 2.23. The monoisotopic (exact) mass is 399 g/mol. The van der Waals surface area contributed by atoms with E-state index in [1.807, 2.05) is 0 Å². The average molecular weight is 400 g/mol. The minimum absolute atomic E-state index is 0.284. The van der Waals surface area contributed by atoms with Gasteiger partial charge in [0.1, 0.15) is 12.4 Å². The number of benzene rings is 1. The van der Waals surface area contributed by atoms with Crippen molar-refractivity contribution >= 4 is 17.2 Å². The molecule has 4 heterocycles. The molecule has 3 aromatic rings. The smallest absolute Gasteiger partial charge is 0.335 e. The lowest BCUT2D eigenvalue weighted by Crippen LogP contribution is -2.31. The first-order valence-corrected chi connectivity index (χ1v) is 10.0. The van der Waals surface area contributed by atoms with E-state index in [-0.39, 0.29) is 6.01 Å². The SMILES string of the molecule is CN1CCCC1COc1nc(Cl)c2ncc(Cc3cccc4c3OCC4)n2n1. The molecule has 0 amide bonds. The van der Waals surface area contributed by atoms with Gasteiger partial charge >= 0.3 is 6.01 Å². The van der Waals surface area contributed by atoms with Crippen LogP contribution in [0.5, 0.6) is 11.8 Å². The lowest BCUT2D eigenvalue weighted by atomic mass is 10.0. The van der Waals surface area contributed by atoms with Gasteiger partial charge in [0.2, 0.25) is 0 Å². The molecule has 2 aromatic heterocycles. The Balaban J connectivity index is 1.42. The van der Waals surface area contributed by atoms with Gasteiger partial charge in [-0.2, -0.15) is 4.98 Å². The summed E-state index contributed by atoms with van der Waals surface area (Å²) < 4.78 is 13.4. The number of likely N-dealkylation sites (N-methyl/N-ethyl adjacent to an activating group) is 1. The molecule has 146 valence electrons. The summed E-state index contributed by atoms with van der Waals surface area (Å²) in [4.78, 5) is 11.0. The van der Waals surface area contributed by atoms with Crippen LogP contribution in [0.4, 0.5) is 0 Å². The van der Waals surface area contributed by atoms with Gasteiger partial charge in [-0.3, -0.25) is 0 Å². The van der Waals surface area contributed by atoms with E-state index in [4.69, 9.17) is 21.1 Å². The van der Waals surface area contributed by atoms with Gasteiger partial charge in [-0.15, -0.1) is 5.10 Å². The number of hydrogen-bond donors (Lipinski definition) is 0. The molecule has 1 atom stereocenters. The van der Waals surface area contributed by atoms with Crippen molar-refractivity contribution in [1.82, 2.24) is 24.5 Å². The van der Waals surface area contributed by atoms with Crippen LogP contribution in [-0.2, 0) is 12.8 Å². The van der Waals surface area contributed by atoms with Gasteiger partial charge in [-0.25, -0.2) is 9.50 Å². The van der Waals surface area contributed by atoms with Crippen LogP contribution < -0.4 is 9.47 Å². The maximum atomic E-state index is 6.35. The first-order valence-electron chi connectivity index (χ1n) is 9.66. The van der Waals surface area contributed by atoms with E-state index in [1.54, 1.807) is 10.7 Å². The fraction of sp³-hybridized carbons (Fsp3) is 0.450. The van der Waals surface area contributed by atoms with Crippen molar-refractivity contribution in [2.45, 2.75) is 31.7 Å². The molecule has 0 radical (unpaired) electrons. The van der Waals surface area contributed by atoms with Gasteiger partial charge in [0, 0.05) is 24.4 Å². The predicted molar refractivity (Wildman–Crippen MR) is 105 cm³/mol. The van der Waals surface area contributed by atoms with Crippen LogP contribution in [0.2, 0.25) is 5.15 Å². The van der Waals surface area contributed by atoms with Crippen molar-refractivity contribution in [2.24, 2.45) is 0 Å². The first kappa shape index (κ1) is 17.7. The predicted octanol–water partition coefficient (Wildman–Crippen LogP) is 2.78. The lowest BCUT2D eigenvalue weighted by Gasteiger charge is -2.18. The Morgan fingerprint density at radius 3 is 3.14 bits per heavy atom. The number of ether oxygens (including phenoxy) is 2. The molecule has 1 aromatic carbocycles. The van der Waals surface area contributed by atoms with Gasteiger partial charge in [0.15, 0.2) is 10.8 Å². The molecule has 0 saturated carbocycles. The standard InChI is InChI=1S/C20H22ClN5O2/c1-25-8-3-6-15(25)12-28-20-23-18(21)19-22-11-16(26(19)24-20)10-14-5-2-4-13-7-9-27-17(13)14/h2,4-5,11,15H,3,6-10,12H2,1H3. The number of para-hydroxylation sites is 1. The van der Waals surface area contributed by atoms with Gasteiger partial charge in [0.05, 0.1) is 18.5 Å². The summed E-state index contributed by atoms with van der Waals surface area (Å²) in [7, 11) is 2.12. The number of likely N-dealkylation sites (tertiary alicyclic amines) is 1. The van der Waals surface area contributed by atoms with Gasteiger partial charge < -0.3 is 14.4 Å². The third-order valence-corrected chi connectivity index (χ3v) is 5.87. The Kier molecular flexibility index (Phi) is 4.56. The van der Waals surface area contributed by atoms with Crippen molar-refractivity contribution in [1.29, 1.82) is 0 Å². The molecule has 5 rings (SSSR count). The number of fused-ring (bicyclic) bond motifs is 2. The summed E-state index contributed by atoms with van der Waals surface area (Å²) in [5.74, 6) is 0.985. The van der Waals surface area contributed by atoms with Crippen molar-refractivity contribution in [3.63, 3.8) is 0 Å². The van der Waals surface area contributed by atoms with Crippen LogP contribution >= 0.6 is 11.6 Å². The molecule has 0 bridgehead atoms. The molecular formula is C20H22ClN5O2. The van der Waals surface area contributed by atoms with Crippen molar-refractivity contribution < 1.29 is 9.47 Å². The van der Waals surface area contributed by atoms with E-state index >= 15 is 0 Å². The summed E-state index contributed by atoms with van der Waals surface area (Å²) >= 11 is 6.35. The Morgan fingerprint density at radius 2 is 2.29 bits per heavy atom. The quantitative estimate of drug-likeness (QED) is 0.657. The van der Waals surface area contributed by atoms with E-state index in [0.29, 0.717) is 29.9 Å². The molecule has 8 heteroatoms. The van der Waals surface area contributed by atoms with Gasteiger partial charge in [-0.05, 0) is 32.0 Å². The molecule has 1 unspecified atom stereocenters. The Morgan fingerprint density at radius 1 is 1.36 bits per heavy atom. The largest absolute Gasteiger partial charge is 0.493 e. The Hall–Kier alpha value is -2.38. The topological polar surface area (TPSA) is 64.8 Å². The van der Waals surface area contributed by atoms with Crippen molar-refractivity contribution in [3.8, 4) is 11.8 Å². The molecule has 1 fully saturated rings. The van der Waals surface area contributed by atoms with Crippen LogP contribution in [-0.4, -0.2) is 57.3 Å². The molecule has 2 aliphatic rings. The van der Waals surface area contributed by atoms with E-state index in [1.165, 1.54) is 12.0 Å². The normalized spacial score (nSPS) is 19.1. The molecule has 0 aliphatic carbocycles. The summed E-state index contributed by atoms with van der Waals surface area (Å²) in [5.41, 5.74) is 3.84. The van der Waals surface area contributed by atoms with Crippen LogP contribution in [0.25, 0.3) is 5.65 Å². The number of nitrogens with zero attached hydrogens (tertiary/aromatic N) is 5. The van der Waals surface area contributed by atoms with Gasteiger partial charge in [-0.1, -0.05) is 29.8 Å². The summed E-state index contributed by atoms with van der Waals surface area (Å²) in [6.07, 6.45) is 5.72. The average Bonchev–Trinajstić information content (AvgIpc) is 3.41. The summed E-state index contributed by atoms with van der Waals surface area (Å²) in [5, 5.41) is 4.85. The molecule has 7 nitrogen and oxygen atoms in total. The third-order valence-electron chi connectivity index (χ3n) is 5.62. The van der Waals surface area contributed by atoms with E-state index < -0.39 is 0 Å². The fourth-order valence-corrected chi connectivity index (χ4v) is 4.24. The molecule has 2 aliphatic heterocycles. The lowest BCUT2D eigenvalue weighted by molar-refractivity contribution is 0.185. The maximum absolute atomic E-state index is 6.35. The zero-order valence-electron chi connectivity index (χ0n) is 15.8. The third kappa shape index (κ3) is 3.18. The number of aromatic nitrogens is 4. The number of imidazole rings is 1. The van der Waals surface area contributed by atoms with Gasteiger partial charge in [0.25, 0.3) is 0 Å².